The predicted octanol–water partition coefficient (Wildman–Crippen LogP) is 5.23. The van der Waals surface area contributed by atoms with Crippen LogP contribution < -0.4 is 5.69 Å². The van der Waals surface area contributed by atoms with E-state index >= 15 is 0 Å². The summed E-state index contributed by atoms with van der Waals surface area (Å²) in [6.07, 6.45) is 2.12. The molecule has 0 bridgehead atoms. The van der Waals surface area contributed by atoms with Gasteiger partial charge in [0.25, 0.3) is 5.91 Å². The van der Waals surface area contributed by atoms with E-state index in [-0.39, 0.29) is 17.6 Å². The SMILES string of the molecule is CCC(Cc1cc2c(Cl)c(C)nn2c(=O)n1Cc1ccccc1)N(CCCN(C)C)C(=O)c1ccc(C)cc1. The molecule has 0 saturated carbocycles. The summed E-state index contributed by atoms with van der Waals surface area (Å²) in [5.41, 5.74) is 4.61. The van der Waals surface area contributed by atoms with E-state index in [0.717, 1.165) is 36.2 Å². The van der Waals surface area contributed by atoms with Crippen LogP contribution in [0.5, 0.6) is 0 Å². The monoisotopic (exact) mass is 547 g/mol. The number of amides is 1. The van der Waals surface area contributed by atoms with Gasteiger partial charge in [-0.1, -0.05) is 66.6 Å². The lowest BCUT2D eigenvalue weighted by Gasteiger charge is -2.32. The fraction of sp³-hybridized carbons (Fsp3) is 0.387. The summed E-state index contributed by atoms with van der Waals surface area (Å²) in [6, 6.07) is 19.5. The van der Waals surface area contributed by atoms with Crippen molar-refractivity contribution in [1.29, 1.82) is 0 Å². The van der Waals surface area contributed by atoms with E-state index in [1.807, 2.05) is 86.6 Å². The zero-order valence-corrected chi connectivity index (χ0v) is 24.3. The van der Waals surface area contributed by atoms with Crippen molar-refractivity contribution in [3.63, 3.8) is 0 Å². The molecule has 0 spiro atoms. The molecule has 39 heavy (non-hydrogen) atoms. The molecule has 4 rings (SSSR count). The molecule has 1 unspecified atom stereocenters. The molecule has 1 atom stereocenters. The number of aryl methyl sites for hydroxylation is 2. The molecule has 206 valence electrons. The van der Waals surface area contributed by atoms with E-state index < -0.39 is 0 Å². The highest BCUT2D eigenvalue weighted by molar-refractivity contribution is 6.34. The number of aromatic nitrogens is 3. The molecule has 1 amide bonds. The van der Waals surface area contributed by atoms with Crippen LogP contribution >= 0.6 is 11.6 Å². The number of nitrogens with zero attached hydrogens (tertiary/aromatic N) is 5. The maximum atomic E-state index is 13.8. The Balaban J connectivity index is 1.76. The molecule has 0 radical (unpaired) electrons. The normalized spacial score (nSPS) is 12.3. The van der Waals surface area contributed by atoms with Crippen LogP contribution in [0.4, 0.5) is 0 Å². The summed E-state index contributed by atoms with van der Waals surface area (Å²) in [5.74, 6) is 0.0110. The minimum atomic E-state index is -0.236. The third-order valence-electron chi connectivity index (χ3n) is 7.19. The van der Waals surface area contributed by atoms with Gasteiger partial charge in [0.05, 0.1) is 22.8 Å². The average molecular weight is 548 g/mol. The van der Waals surface area contributed by atoms with Crippen molar-refractivity contribution in [1.82, 2.24) is 24.0 Å². The van der Waals surface area contributed by atoms with Crippen molar-refractivity contribution in [3.8, 4) is 0 Å². The smallest absolute Gasteiger partial charge is 0.335 e. The highest BCUT2D eigenvalue weighted by Gasteiger charge is 2.26. The van der Waals surface area contributed by atoms with Crippen molar-refractivity contribution < 1.29 is 4.79 Å². The highest BCUT2D eigenvalue weighted by atomic mass is 35.5. The Morgan fingerprint density at radius 3 is 2.36 bits per heavy atom. The molecule has 2 aromatic heterocycles. The maximum Gasteiger partial charge on any atom is 0.349 e. The van der Waals surface area contributed by atoms with Gasteiger partial charge in [-0.15, -0.1) is 0 Å². The first-order valence-corrected chi connectivity index (χ1v) is 13.9. The minimum absolute atomic E-state index is 0.0110. The van der Waals surface area contributed by atoms with Gasteiger partial charge in [-0.05, 0) is 71.1 Å². The maximum absolute atomic E-state index is 13.8. The standard InChI is InChI=1S/C31H38ClN5O2/c1-6-26(35(18-10-17-34(4)5)30(38)25-15-13-22(2)14-16-25)19-27-20-28-29(32)23(3)33-37(28)31(39)36(27)21-24-11-8-7-9-12-24/h7-9,11-16,20,26H,6,10,17-19,21H2,1-5H3. The van der Waals surface area contributed by atoms with Gasteiger partial charge in [0.1, 0.15) is 0 Å². The molecule has 8 heteroatoms. The number of carbonyl (C=O) groups excluding carboxylic acids is 1. The van der Waals surface area contributed by atoms with Crippen LogP contribution in [0.3, 0.4) is 0 Å². The quantitative estimate of drug-likeness (QED) is 0.258. The van der Waals surface area contributed by atoms with E-state index in [9.17, 15) is 9.59 Å². The fourth-order valence-corrected chi connectivity index (χ4v) is 5.13. The van der Waals surface area contributed by atoms with Gasteiger partial charge in [0, 0.05) is 30.3 Å². The van der Waals surface area contributed by atoms with Gasteiger partial charge in [-0.3, -0.25) is 9.36 Å². The summed E-state index contributed by atoms with van der Waals surface area (Å²) in [4.78, 5) is 31.7. The molecule has 0 N–H and O–H groups in total. The van der Waals surface area contributed by atoms with Crippen LogP contribution in [0, 0.1) is 13.8 Å². The van der Waals surface area contributed by atoms with Gasteiger partial charge in [-0.2, -0.15) is 9.61 Å². The molecular formula is C31H38ClN5O2. The average Bonchev–Trinajstić information content (AvgIpc) is 3.21. The lowest BCUT2D eigenvalue weighted by molar-refractivity contribution is 0.0662. The lowest BCUT2D eigenvalue weighted by atomic mass is 10.0. The summed E-state index contributed by atoms with van der Waals surface area (Å²) in [5, 5.41) is 4.88. The number of hydrogen-bond donors (Lipinski definition) is 0. The van der Waals surface area contributed by atoms with Gasteiger partial charge in [-0.25, -0.2) is 4.79 Å². The first kappa shape index (κ1) is 28.6. The molecule has 0 fully saturated rings. The number of hydrogen-bond acceptors (Lipinski definition) is 4. The number of benzene rings is 2. The summed E-state index contributed by atoms with van der Waals surface area (Å²) in [7, 11) is 4.08. The number of halogens is 1. The molecule has 4 aromatic rings. The second-order valence-corrected chi connectivity index (χ2v) is 10.9. The highest BCUT2D eigenvalue weighted by Crippen LogP contribution is 2.23. The van der Waals surface area contributed by atoms with Gasteiger partial charge in [0.2, 0.25) is 0 Å². The summed E-state index contributed by atoms with van der Waals surface area (Å²) in [6.45, 7) is 7.83. The molecule has 0 saturated heterocycles. The predicted molar refractivity (Wildman–Crippen MR) is 158 cm³/mol. The Labute approximate surface area is 235 Å². The topological polar surface area (TPSA) is 62.9 Å². The van der Waals surface area contributed by atoms with Crippen molar-refractivity contribution in [3.05, 3.63) is 104 Å². The molecule has 0 aliphatic carbocycles. The van der Waals surface area contributed by atoms with E-state index in [4.69, 9.17) is 11.6 Å². The first-order chi connectivity index (χ1) is 18.7. The zero-order chi connectivity index (χ0) is 28.1. The molecule has 7 nitrogen and oxygen atoms in total. The van der Waals surface area contributed by atoms with Crippen LogP contribution in [0.15, 0.2) is 65.5 Å². The Kier molecular flexibility index (Phi) is 9.25. The van der Waals surface area contributed by atoms with Gasteiger partial charge >= 0.3 is 5.69 Å². The Bertz CT molecular complexity index is 1480. The summed E-state index contributed by atoms with van der Waals surface area (Å²) >= 11 is 6.57. The molecule has 2 aromatic carbocycles. The summed E-state index contributed by atoms with van der Waals surface area (Å²) < 4.78 is 3.15. The van der Waals surface area contributed by atoms with Crippen LogP contribution in [0.25, 0.3) is 5.52 Å². The largest absolute Gasteiger partial charge is 0.349 e. The zero-order valence-electron chi connectivity index (χ0n) is 23.5. The fourth-order valence-electron chi connectivity index (χ4n) is 4.96. The van der Waals surface area contributed by atoms with Crippen LogP contribution in [0.2, 0.25) is 5.02 Å². The molecule has 0 aliphatic rings. The second-order valence-electron chi connectivity index (χ2n) is 10.5. The minimum Gasteiger partial charge on any atom is -0.335 e. The Morgan fingerprint density at radius 2 is 1.72 bits per heavy atom. The molecular weight excluding hydrogens is 510 g/mol. The Morgan fingerprint density at radius 1 is 1.03 bits per heavy atom. The van der Waals surface area contributed by atoms with Crippen LogP contribution in [0.1, 0.15) is 52.6 Å². The van der Waals surface area contributed by atoms with E-state index in [0.29, 0.717) is 41.3 Å². The number of carbonyl (C=O) groups is 1. The van der Waals surface area contributed by atoms with Gasteiger partial charge < -0.3 is 9.80 Å². The van der Waals surface area contributed by atoms with Crippen molar-refractivity contribution in [2.45, 2.75) is 52.6 Å². The van der Waals surface area contributed by atoms with Crippen molar-refractivity contribution >= 4 is 23.0 Å². The molecule has 0 aliphatic heterocycles. The number of rotatable bonds is 11. The van der Waals surface area contributed by atoms with Crippen molar-refractivity contribution in [2.24, 2.45) is 0 Å². The Hall–Kier alpha value is -3.42. The van der Waals surface area contributed by atoms with E-state index in [1.165, 1.54) is 4.52 Å². The van der Waals surface area contributed by atoms with Crippen LogP contribution in [-0.2, 0) is 13.0 Å². The van der Waals surface area contributed by atoms with Gasteiger partial charge in [0.15, 0.2) is 0 Å². The third kappa shape index (κ3) is 6.60. The number of fused-ring (bicyclic) bond motifs is 1. The van der Waals surface area contributed by atoms with E-state index in [1.54, 1.807) is 11.5 Å². The van der Waals surface area contributed by atoms with E-state index in [2.05, 4.69) is 16.9 Å². The second kappa shape index (κ2) is 12.6. The van der Waals surface area contributed by atoms with Crippen molar-refractivity contribution in [2.75, 3.05) is 27.2 Å². The van der Waals surface area contributed by atoms with Crippen LogP contribution in [-0.4, -0.2) is 63.1 Å². The third-order valence-corrected chi connectivity index (χ3v) is 7.65. The molecule has 2 heterocycles. The first-order valence-electron chi connectivity index (χ1n) is 13.5. The lowest BCUT2D eigenvalue weighted by Crippen LogP contribution is -2.44.